The molecule has 0 saturated heterocycles. The number of para-hydroxylation sites is 1. The Labute approximate surface area is 155 Å². The summed E-state index contributed by atoms with van der Waals surface area (Å²) < 4.78 is 13.9. The Kier molecular flexibility index (Phi) is 15.9. The van der Waals surface area contributed by atoms with E-state index in [2.05, 4.69) is 19.1 Å². The van der Waals surface area contributed by atoms with Gasteiger partial charge in [0, 0.05) is 19.0 Å². The van der Waals surface area contributed by atoms with E-state index >= 15 is 0 Å². The van der Waals surface area contributed by atoms with Crippen molar-refractivity contribution >= 4 is 22.7 Å². The van der Waals surface area contributed by atoms with Crippen molar-refractivity contribution in [3.8, 4) is 0 Å². The molecule has 25 heavy (non-hydrogen) atoms. The van der Waals surface area contributed by atoms with Crippen molar-refractivity contribution in [2.75, 3.05) is 25.3 Å². The van der Waals surface area contributed by atoms with Crippen molar-refractivity contribution in [2.45, 2.75) is 41.5 Å². The molecule has 1 atom stereocenters. The minimum absolute atomic E-state index is 0.677. The maximum atomic E-state index is 9.70. The van der Waals surface area contributed by atoms with Crippen molar-refractivity contribution < 1.29 is 8.39 Å². The van der Waals surface area contributed by atoms with E-state index in [-0.39, 0.29) is 0 Å². The van der Waals surface area contributed by atoms with Gasteiger partial charge < -0.3 is 4.90 Å². The van der Waals surface area contributed by atoms with Crippen LogP contribution < -0.4 is 4.90 Å². The maximum absolute atomic E-state index is 9.70. The zero-order valence-electron chi connectivity index (χ0n) is 16.9. The van der Waals surface area contributed by atoms with Gasteiger partial charge >= 0.3 is 0 Å². The molecule has 0 saturated carbocycles. The van der Waals surface area contributed by atoms with Crippen LogP contribution in [0.25, 0.3) is 0 Å². The molecule has 0 fully saturated rings. The molecule has 7 heteroatoms. The largest absolute Gasteiger partial charge is 0.314 e. The van der Waals surface area contributed by atoms with E-state index < -0.39 is 11.1 Å². The van der Waals surface area contributed by atoms with Crippen molar-refractivity contribution in [3.63, 3.8) is 0 Å². The van der Waals surface area contributed by atoms with Crippen LogP contribution in [0.15, 0.2) is 30.3 Å². The standard InChI is InChI=1S/C12H14N4.C2H6O2S.2C2H6/c1-9-13-10(2)15-12(14-9)16(3)11-7-5-4-6-8-11;1-4-5(2)3;2*1-2/h4-8H,1-3H3;1-2H3;2*1-2H3. The summed E-state index contributed by atoms with van der Waals surface area (Å²) in [4.78, 5) is 14.7. The molecular formula is C18H32N4O2S. The Morgan fingerprint density at radius 1 is 0.920 bits per heavy atom. The van der Waals surface area contributed by atoms with Gasteiger partial charge in [0.2, 0.25) is 5.95 Å². The summed E-state index contributed by atoms with van der Waals surface area (Å²) in [6, 6.07) is 10.0. The van der Waals surface area contributed by atoms with Crippen LogP contribution in [0.4, 0.5) is 11.6 Å². The van der Waals surface area contributed by atoms with Crippen molar-refractivity contribution in [1.82, 2.24) is 15.0 Å². The van der Waals surface area contributed by atoms with Crippen LogP contribution in [0.2, 0.25) is 0 Å². The normalized spacial score (nSPS) is 9.96. The number of benzene rings is 1. The molecule has 0 aliphatic carbocycles. The molecule has 0 spiro atoms. The van der Waals surface area contributed by atoms with E-state index in [1.54, 1.807) is 0 Å². The minimum atomic E-state index is -1.07. The second kappa shape index (κ2) is 15.7. The van der Waals surface area contributed by atoms with Crippen molar-refractivity contribution in [1.29, 1.82) is 0 Å². The number of aromatic nitrogens is 3. The first-order valence-electron chi connectivity index (χ1n) is 8.30. The van der Waals surface area contributed by atoms with E-state index in [1.807, 2.05) is 83.8 Å². The van der Waals surface area contributed by atoms with E-state index in [0.717, 1.165) is 17.3 Å². The first-order chi connectivity index (χ1) is 11.9. The minimum Gasteiger partial charge on any atom is -0.314 e. The number of aryl methyl sites for hydroxylation is 2. The molecular weight excluding hydrogens is 336 g/mol. The van der Waals surface area contributed by atoms with Crippen LogP contribution in [0.5, 0.6) is 0 Å². The molecule has 1 aromatic carbocycles. The SMILES string of the molecule is CC.CC.COS(C)=O.Cc1nc(C)nc(N(C)c2ccccc2)n1. The molecule has 2 aromatic rings. The topological polar surface area (TPSA) is 68.2 Å². The zero-order valence-corrected chi connectivity index (χ0v) is 17.7. The molecule has 0 radical (unpaired) electrons. The van der Waals surface area contributed by atoms with Gasteiger partial charge in [-0.2, -0.15) is 9.97 Å². The summed E-state index contributed by atoms with van der Waals surface area (Å²) in [5.41, 5.74) is 1.06. The van der Waals surface area contributed by atoms with Gasteiger partial charge in [0.15, 0.2) is 11.1 Å². The highest BCUT2D eigenvalue weighted by molar-refractivity contribution is 7.79. The fourth-order valence-corrected chi connectivity index (χ4v) is 1.52. The number of hydrogen-bond donors (Lipinski definition) is 0. The lowest BCUT2D eigenvalue weighted by Crippen LogP contribution is -2.14. The van der Waals surface area contributed by atoms with Crippen LogP contribution >= 0.6 is 0 Å². The zero-order chi connectivity index (χ0) is 19.8. The van der Waals surface area contributed by atoms with Gasteiger partial charge in [-0.3, -0.25) is 4.18 Å². The van der Waals surface area contributed by atoms with Gasteiger partial charge in [-0.05, 0) is 26.0 Å². The summed E-state index contributed by atoms with van der Waals surface area (Å²) in [7, 11) is 3.35. The monoisotopic (exact) mass is 368 g/mol. The number of anilines is 2. The van der Waals surface area contributed by atoms with Gasteiger partial charge in [-0.25, -0.2) is 9.19 Å². The van der Waals surface area contributed by atoms with Crippen LogP contribution in [0, 0.1) is 13.8 Å². The van der Waals surface area contributed by atoms with Crippen LogP contribution in [-0.2, 0) is 15.3 Å². The van der Waals surface area contributed by atoms with Gasteiger partial charge in [-0.1, -0.05) is 45.9 Å². The summed E-state index contributed by atoms with van der Waals surface area (Å²) in [5.74, 6) is 2.16. The predicted molar refractivity (Wildman–Crippen MR) is 108 cm³/mol. The molecule has 6 nitrogen and oxygen atoms in total. The molecule has 0 amide bonds. The highest BCUT2D eigenvalue weighted by Gasteiger charge is 2.07. The fraction of sp³-hybridized carbons (Fsp3) is 0.500. The smallest absolute Gasteiger partial charge is 0.233 e. The lowest BCUT2D eigenvalue weighted by atomic mass is 10.3. The van der Waals surface area contributed by atoms with Gasteiger partial charge in [-0.15, -0.1) is 0 Å². The summed E-state index contributed by atoms with van der Waals surface area (Å²) in [6.07, 6.45) is 1.47. The predicted octanol–water partition coefficient (Wildman–Crippen LogP) is 4.24. The lowest BCUT2D eigenvalue weighted by Gasteiger charge is -2.17. The molecule has 1 aromatic heterocycles. The van der Waals surface area contributed by atoms with E-state index in [1.165, 1.54) is 13.4 Å². The fourth-order valence-electron chi connectivity index (χ4n) is 1.52. The maximum Gasteiger partial charge on any atom is 0.233 e. The molecule has 142 valence electrons. The summed E-state index contributed by atoms with van der Waals surface area (Å²) in [5, 5.41) is 0. The summed E-state index contributed by atoms with van der Waals surface area (Å²) in [6.45, 7) is 11.7. The second-order valence-electron chi connectivity index (χ2n) is 4.19. The third-order valence-corrected chi connectivity index (χ3v) is 2.99. The Bertz CT molecular complexity index is 575. The Morgan fingerprint density at radius 2 is 1.32 bits per heavy atom. The lowest BCUT2D eigenvalue weighted by molar-refractivity contribution is 0.450. The van der Waals surface area contributed by atoms with Crippen molar-refractivity contribution in [2.24, 2.45) is 0 Å². The number of hydrogen-bond acceptors (Lipinski definition) is 6. The molecule has 1 heterocycles. The average molecular weight is 369 g/mol. The van der Waals surface area contributed by atoms with Crippen LogP contribution in [-0.4, -0.2) is 39.6 Å². The van der Waals surface area contributed by atoms with Gasteiger partial charge in [0.1, 0.15) is 11.6 Å². The van der Waals surface area contributed by atoms with E-state index in [9.17, 15) is 4.21 Å². The average Bonchev–Trinajstić information content (AvgIpc) is 2.65. The Balaban J connectivity index is 0. The molecule has 1 unspecified atom stereocenters. The highest BCUT2D eigenvalue weighted by Crippen LogP contribution is 2.18. The quantitative estimate of drug-likeness (QED) is 0.807. The van der Waals surface area contributed by atoms with E-state index in [4.69, 9.17) is 0 Å². The van der Waals surface area contributed by atoms with Gasteiger partial charge in [0.25, 0.3) is 0 Å². The molecule has 0 bridgehead atoms. The second-order valence-corrected chi connectivity index (χ2v) is 5.33. The number of rotatable bonds is 3. The molecule has 0 aliphatic rings. The molecule has 0 N–H and O–H groups in total. The van der Waals surface area contributed by atoms with Crippen LogP contribution in [0.1, 0.15) is 39.3 Å². The first kappa shape index (κ1) is 25.4. The van der Waals surface area contributed by atoms with Crippen molar-refractivity contribution in [3.05, 3.63) is 42.0 Å². The molecule has 2 rings (SSSR count). The third kappa shape index (κ3) is 11.3. The van der Waals surface area contributed by atoms with E-state index in [0.29, 0.717) is 5.95 Å². The Morgan fingerprint density at radius 3 is 1.68 bits per heavy atom. The number of nitrogens with zero attached hydrogens (tertiary/aromatic N) is 4. The first-order valence-corrected chi connectivity index (χ1v) is 9.78. The summed E-state index contributed by atoms with van der Waals surface area (Å²) >= 11 is -1.07. The van der Waals surface area contributed by atoms with Gasteiger partial charge in [0.05, 0.1) is 7.11 Å². The third-order valence-electron chi connectivity index (χ3n) is 2.53. The molecule has 0 aliphatic heterocycles. The highest BCUT2D eigenvalue weighted by atomic mass is 32.2. The van der Waals surface area contributed by atoms with Crippen LogP contribution in [0.3, 0.4) is 0 Å². The Hall–Kier alpha value is -1.86.